The summed E-state index contributed by atoms with van der Waals surface area (Å²) in [5.74, 6) is -7.25. The molecule has 2 saturated carbocycles. The van der Waals surface area contributed by atoms with Crippen LogP contribution in [0.1, 0.15) is 90.2 Å². The van der Waals surface area contributed by atoms with Gasteiger partial charge in [0.25, 0.3) is 0 Å². The van der Waals surface area contributed by atoms with Crippen molar-refractivity contribution >= 4 is 35.6 Å². The molecule has 7 rings (SSSR count). The third-order valence-electron chi connectivity index (χ3n) is 15.0. The number of Topliss-reactive ketones (excluding diaryl/α,β-unsaturated/α-hetero) is 1. The number of carbonyl (C=O) groups is 6. The molecule has 2 aliphatic heterocycles. The quantitative estimate of drug-likeness (QED) is 0.0766. The van der Waals surface area contributed by atoms with E-state index in [9.17, 15) is 49.5 Å². The maximum Gasteiger partial charge on any atom is 0.338 e. The highest BCUT2D eigenvalue weighted by Crippen LogP contribution is 2.65. The van der Waals surface area contributed by atoms with E-state index in [2.05, 4.69) is 5.32 Å². The smallest absolute Gasteiger partial charge is 0.338 e. The molecular formula is C50H61NO18. The van der Waals surface area contributed by atoms with Crippen LogP contribution in [-0.4, -0.2) is 147 Å². The molecule has 69 heavy (non-hydrogen) atoms. The fraction of sp³-hybridized carbons (Fsp3) is 0.560. The Bertz CT molecular complexity index is 2390. The zero-order valence-electron chi connectivity index (χ0n) is 39.7. The number of allylic oxidation sites excluding steroid dienone is 1. The molecule has 19 nitrogen and oxygen atoms in total. The average Bonchev–Trinajstić information content (AvgIpc) is 3.30. The number of hydrogen-bond donors (Lipinski definition) is 6. The number of amides is 1. The fourth-order valence-corrected chi connectivity index (χ4v) is 11.0. The normalized spacial score (nSPS) is 35.8. The molecule has 0 unspecified atom stereocenters. The molecule has 19 heteroatoms. The summed E-state index contributed by atoms with van der Waals surface area (Å²) in [6.45, 7) is 10.4. The lowest BCUT2D eigenvalue weighted by atomic mass is 9.44. The van der Waals surface area contributed by atoms with Gasteiger partial charge >= 0.3 is 23.9 Å². The Morgan fingerprint density at radius 2 is 1.51 bits per heavy atom. The largest absolute Gasteiger partial charge is 0.456 e. The van der Waals surface area contributed by atoms with E-state index in [1.807, 2.05) is 0 Å². The Kier molecular flexibility index (Phi) is 14.5. The van der Waals surface area contributed by atoms with Gasteiger partial charge in [0.2, 0.25) is 5.91 Å². The number of nitrogens with one attached hydrogen (secondary N) is 1. The molecule has 374 valence electrons. The van der Waals surface area contributed by atoms with Crippen LogP contribution in [0, 0.1) is 16.7 Å². The lowest BCUT2D eigenvalue weighted by molar-refractivity contribution is -0.366. The number of esters is 4. The molecular weight excluding hydrogens is 903 g/mol. The van der Waals surface area contributed by atoms with Crippen molar-refractivity contribution in [2.24, 2.45) is 16.7 Å². The van der Waals surface area contributed by atoms with Gasteiger partial charge in [-0.1, -0.05) is 68.5 Å². The molecule has 0 aromatic heterocycles. The van der Waals surface area contributed by atoms with Gasteiger partial charge in [0, 0.05) is 37.7 Å². The fourth-order valence-electron chi connectivity index (χ4n) is 11.0. The number of aliphatic hydroxyl groups is 5. The zero-order chi connectivity index (χ0) is 50.5. The van der Waals surface area contributed by atoms with Crippen LogP contribution < -0.4 is 5.32 Å². The number of ether oxygens (including phenoxy) is 7. The number of benzene rings is 2. The van der Waals surface area contributed by atoms with Gasteiger partial charge in [-0.25, -0.2) is 9.59 Å². The van der Waals surface area contributed by atoms with Gasteiger partial charge in [0.1, 0.15) is 42.2 Å². The maximum absolute atomic E-state index is 16.2. The Hall–Kier alpha value is -5.38. The summed E-state index contributed by atoms with van der Waals surface area (Å²) in [7, 11) is 0. The lowest BCUT2D eigenvalue weighted by Crippen LogP contribution is -2.82. The molecule has 6 N–H and O–H groups in total. The standard InChI is InChI=1S/C50H61NO18/c1-9-24(2)43(59)51-35(28-16-12-10-13-17-28)37(56)45(61)66-31-21-50(62)42(68-44(60)29-18-14-11-15-19-29)40-48(8,41(58)39(65-26(4)52)34(25(31)3)47(50,6)7)32(20-33-49(40,23-64-33)69-27(5)53)67-46-38(57)36(55)30(54)22-63-46/h9-19,30-33,35-40,42,46,54-57,62H,20-23H2,1-8H3,(H,51,59)/b24-9+/t30-,31-,32+,33-,35-,36+,37+,38-,39+,40-,42+,46+,48+,49-,50+/m0/s1. The van der Waals surface area contributed by atoms with Gasteiger partial charge in [-0.3, -0.25) is 19.2 Å². The molecule has 1 amide bonds. The third-order valence-corrected chi connectivity index (χ3v) is 15.0. The molecule has 2 saturated heterocycles. The predicted octanol–water partition coefficient (Wildman–Crippen LogP) is 1.85. The van der Waals surface area contributed by atoms with Crippen molar-refractivity contribution in [3.8, 4) is 0 Å². The highest BCUT2D eigenvalue weighted by molar-refractivity contribution is 5.96. The van der Waals surface area contributed by atoms with Crippen LogP contribution in [0.2, 0.25) is 0 Å². The molecule has 3 aliphatic carbocycles. The summed E-state index contributed by atoms with van der Waals surface area (Å²) in [5.41, 5.74) is -7.65. The van der Waals surface area contributed by atoms with Crippen LogP contribution in [0.4, 0.5) is 0 Å². The Labute approximate surface area is 398 Å². The van der Waals surface area contributed by atoms with Crippen molar-refractivity contribution in [2.75, 3.05) is 13.2 Å². The first-order valence-electron chi connectivity index (χ1n) is 22.8. The summed E-state index contributed by atoms with van der Waals surface area (Å²) in [6, 6.07) is 14.5. The van der Waals surface area contributed by atoms with Crippen LogP contribution in [-0.2, 0) is 57.1 Å². The van der Waals surface area contributed by atoms with Crippen LogP contribution in [0.5, 0.6) is 0 Å². The molecule has 15 atom stereocenters. The average molecular weight is 964 g/mol. The van der Waals surface area contributed by atoms with Gasteiger partial charge in [0.05, 0.1) is 42.3 Å². The summed E-state index contributed by atoms with van der Waals surface area (Å²) in [6.07, 6.45) is -16.3. The highest BCUT2D eigenvalue weighted by Gasteiger charge is 2.79. The molecule has 2 bridgehead atoms. The lowest BCUT2D eigenvalue weighted by Gasteiger charge is -2.68. The summed E-state index contributed by atoms with van der Waals surface area (Å²) < 4.78 is 43.0. The van der Waals surface area contributed by atoms with Crippen molar-refractivity contribution in [1.29, 1.82) is 0 Å². The molecule has 2 aromatic rings. The van der Waals surface area contributed by atoms with E-state index < -0.39 is 150 Å². The SMILES string of the molecule is C/C=C(\C)C(=O)N[C@@H](c1ccccc1)[C@@H](O)C(=O)O[C@H]1C[C@@]2(O)[C@H](OC(=O)c3ccccc3)[C@@H]3[C@]4(OC(C)=O)CO[C@H]4C[C@@H](O[C@H]4OC[C@H](O)[C@@H](O)[C@@H]4O)[C@@]3(C)C(=O)[C@H](OC(C)=O)C(=C1C)C2(C)C. The molecule has 2 heterocycles. The number of carbonyl (C=O) groups excluding carboxylic acids is 6. The van der Waals surface area contributed by atoms with Gasteiger partial charge in [-0.15, -0.1) is 0 Å². The first kappa shape index (κ1) is 51.5. The van der Waals surface area contributed by atoms with Crippen molar-refractivity contribution in [1.82, 2.24) is 5.32 Å². The second kappa shape index (κ2) is 19.4. The minimum atomic E-state index is -2.50. The monoisotopic (exact) mass is 963 g/mol. The maximum atomic E-state index is 16.2. The predicted molar refractivity (Wildman–Crippen MR) is 238 cm³/mol. The van der Waals surface area contributed by atoms with Crippen molar-refractivity contribution in [2.45, 2.75) is 147 Å². The number of aliphatic hydroxyl groups excluding tert-OH is 4. The van der Waals surface area contributed by atoms with E-state index in [4.69, 9.17) is 33.2 Å². The Morgan fingerprint density at radius 3 is 2.09 bits per heavy atom. The van der Waals surface area contributed by atoms with E-state index in [0.717, 1.165) is 13.8 Å². The highest BCUT2D eigenvalue weighted by atomic mass is 16.7. The molecule has 0 radical (unpaired) electrons. The minimum absolute atomic E-state index is 0.0145. The molecule has 4 fully saturated rings. The van der Waals surface area contributed by atoms with Gasteiger partial charge < -0.3 is 64.0 Å². The minimum Gasteiger partial charge on any atom is -0.456 e. The van der Waals surface area contributed by atoms with Crippen LogP contribution in [0.15, 0.2) is 83.5 Å². The Morgan fingerprint density at radius 1 is 0.870 bits per heavy atom. The molecule has 0 spiro atoms. The summed E-state index contributed by atoms with van der Waals surface area (Å²) >= 11 is 0. The molecule has 5 aliphatic rings. The van der Waals surface area contributed by atoms with Gasteiger partial charge in [-0.2, -0.15) is 0 Å². The number of fused-ring (bicyclic) bond motifs is 5. The topological polar surface area (TPSA) is 280 Å². The Balaban J connectivity index is 1.44. The first-order chi connectivity index (χ1) is 32.4. The van der Waals surface area contributed by atoms with E-state index in [1.165, 1.54) is 39.8 Å². The molecule has 2 aromatic carbocycles. The van der Waals surface area contributed by atoms with E-state index in [1.54, 1.807) is 68.5 Å². The first-order valence-corrected chi connectivity index (χ1v) is 22.8. The summed E-state index contributed by atoms with van der Waals surface area (Å²) in [4.78, 5) is 85.0. The third kappa shape index (κ3) is 8.92. The number of rotatable bonds is 12. The second-order valence-electron chi connectivity index (χ2n) is 19.3. The van der Waals surface area contributed by atoms with E-state index >= 15 is 4.79 Å². The van der Waals surface area contributed by atoms with Crippen LogP contribution >= 0.6 is 0 Å². The van der Waals surface area contributed by atoms with E-state index in [0.29, 0.717) is 5.56 Å². The van der Waals surface area contributed by atoms with Crippen molar-refractivity contribution in [3.63, 3.8) is 0 Å². The number of ketones is 1. The van der Waals surface area contributed by atoms with Crippen LogP contribution in [0.25, 0.3) is 0 Å². The van der Waals surface area contributed by atoms with Crippen molar-refractivity contribution < 1.29 is 87.5 Å². The van der Waals surface area contributed by atoms with Gasteiger partial charge in [-0.05, 0) is 56.5 Å². The van der Waals surface area contributed by atoms with Crippen LogP contribution in [0.3, 0.4) is 0 Å². The number of hydrogen-bond acceptors (Lipinski definition) is 18. The van der Waals surface area contributed by atoms with Gasteiger partial charge in [0.15, 0.2) is 29.9 Å². The summed E-state index contributed by atoms with van der Waals surface area (Å²) in [5, 5.41) is 60.6. The van der Waals surface area contributed by atoms with E-state index in [-0.39, 0.29) is 28.7 Å². The second-order valence-corrected chi connectivity index (χ2v) is 19.3. The zero-order valence-corrected chi connectivity index (χ0v) is 39.7. The van der Waals surface area contributed by atoms with Crippen molar-refractivity contribution in [3.05, 3.63) is 94.6 Å².